The molecule has 0 aliphatic carbocycles. The van der Waals surface area contributed by atoms with Gasteiger partial charge in [-0.1, -0.05) is 18.2 Å². The van der Waals surface area contributed by atoms with Gasteiger partial charge in [-0.2, -0.15) is 11.3 Å². The van der Waals surface area contributed by atoms with Crippen LogP contribution in [-0.2, 0) is 4.79 Å². The van der Waals surface area contributed by atoms with Crippen molar-refractivity contribution in [3.05, 3.63) is 70.9 Å². The lowest BCUT2D eigenvalue weighted by Crippen LogP contribution is -2.20. The maximum atomic E-state index is 12.1. The van der Waals surface area contributed by atoms with Crippen LogP contribution in [0.4, 0.5) is 5.69 Å². The highest BCUT2D eigenvalue weighted by Gasteiger charge is 2.07. The Balaban J connectivity index is 1.60. The first-order valence-corrected chi connectivity index (χ1v) is 8.51. The summed E-state index contributed by atoms with van der Waals surface area (Å²) in [6, 6.07) is 16.0. The zero-order valence-corrected chi connectivity index (χ0v) is 14.1. The van der Waals surface area contributed by atoms with Crippen molar-refractivity contribution in [2.45, 2.75) is 0 Å². The Hall–Kier alpha value is -3.12. The van der Waals surface area contributed by atoms with Crippen LogP contribution in [0.1, 0.15) is 10.4 Å². The van der Waals surface area contributed by atoms with E-state index in [2.05, 4.69) is 10.7 Å². The minimum atomic E-state index is -0.542. The van der Waals surface area contributed by atoms with E-state index in [-0.39, 0.29) is 12.5 Å². The highest BCUT2D eigenvalue weighted by atomic mass is 32.1. The summed E-state index contributed by atoms with van der Waals surface area (Å²) in [5.41, 5.74) is 8.40. The van der Waals surface area contributed by atoms with Gasteiger partial charge in [0.25, 0.3) is 5.91 Å². The summed E-state index contributed by atoms with van der Waals surface area (Å²) in [5.74, 6) is -0.412. The van der Waals surface area contributed by atoms with E-state index in [0.29, 0.717) is 17.0 Å². The summed E-state index contributed by atoms with van der Waals surface area (Å²) in [6.07, 6.45) is 0. The average Bonchev–Trinajstić information content (AvgIpc) is 3.15. The number of benzene rings is 2. The van der Waals surface area contributed by atoms with Crippen LogP contribution in [0.25, 0.3) is 11.1 Å². The first kappa shape index (κ1) is 16.7. The van der Waals surface area contributed by atoms with Crippen molar-refractivity contribution in [2.24, 2.45) is 5.73 Å². The molecule has 1 aromatic heterocycles. The van der Waals surface area contributed by atoms with Crippen molar-refractivity contribution >= 4 is 28.8 Å². The minimum absolute atomic E-state index is 0.162. The molecule has 6 heteroatoms. The Morgan fingerprint density at radius 3 is 2.64 bits per heavy atom. The summed E-state index contributed by atoms with van der Waals surface area (Å²) in [5, 5.41) is 6.86. The molecule has 0 unspecified atom stereocenters. The Morgan fingerprint density at radius 1 is 1.04 bits per heavy atom. The summed E-state index contributed by atoms with van der Waals surface area (Å²) < 4.78 is 5.42. The highest BCUT2D eigenvalue weighted by Crippen LogP contribution is 2.24. The first-order chi connectivity index (χ1) is 12.1. The van der Waals surface area contributed by atoms with Crippen molar-refractivity contribution in [2.75, 3.05) is 11.9 Å². The number of hydrogen-bond acceptors (Lipinski definition) is 4. The molecule has 3 N–H and O–H groups in total. The van der Waals surface area contributed by atoms with Crippen LogP contribution < -0.4 is 15.8 Å². The van der Waals surface area contributed by atoms with Crippen LogP contribution in [0.15, 0.2) is 65.4 Å². The smallest absolute Gasteiger partial charge is 0.262 e. The molecule has 0 aliphatic rings. The van der Waals surface area contributed by atoms with Gasteiger partial charge in [-0.25, -0.2) is 0 Å². The Morgan fingerprint density at radius 2 is 1.88 bits per heavy atom. The van der Waals surface area contributed by atoms with Crippen LogP contribution in [0, 0.1) is 0 Å². The van der Waals surface area contributed by atoms with Gasteiger partial charge in [0.1, 0.15) is 5.75 Å². The van der Waals surface area contributed by atoms with Gasteiger partial charge in [-0.3, -0.25) is 9.59 Å². The first-order valence-electron chi connectivity index (χ1n) is 7.57. The van der Waals surface area contributed by atoms with Crippen LogP contribution in [0.2, 0.25) is 0 Å². The third-order valence-electron chi connectivity index (χ3n) is 3.49. The van der Waals surface area contributed by atoms with E-state index in [1.807, 2.05) is 35.7 Å². The van der Waals surface area contributed by atoms with E-state index < -0.39 is 5.91 Å². The zero-order valence-electron chi connectivity index (χ0n) is 13.3. The Bertz CT molecular complexity index is 891. The number of carbonyl (C=O) groups excluding carboxylic acids is 2. The quantitative estimate of drug-likeness (QED) is 0.712. The molecule has 1 heterocycles. The lowest BCUT2D eigenvalue weighted by molar-refractivity contribution is -0.118. The summed E-state index contributed by atoms with van der Waals surface area (Å²) >= 11 is 1.62. The van der Waals surface area contributed by atoms with Crippen molar-refractivity contribution in [1.29, 1.82) is 0 Å². The van der Waals surface area contributed by atoms with E-state index in [4.69, 9.17) is 10.5 Å². The summed E-state index contributed by atoms with van der Waals surface area (Å²) in [4.78, 5) is 23.2. The molecule has 25 heavy (non-hydrogen) atoms. The fraction of sp³-hybridized carbons (Fsp3) is 0.0526. The van der Waals surface area contributed by atoms with Gasteiger partial charge >= 0.3 is 0 Å². The number of nitrogens with one attached hydrogen (secondary N) is 1. The standard InChI is InChI=1S/C19H16N2O3S/c20-19(23)14-4-2-6-17(10-14)24-11-18(22)21-16-5-1-3-13(9-16)15-7-8-25-12-15/h1-10,12H,11H2,(H2,20,23)(H,21,22). The van der Waals surface area contributed by atoms with Gasteiger partial charge in [0.15, 0.2) is 6.61 Å². The lowest BCUT2D eigenvalue weighted by Gasteiger charge is -2.09. The molecule has 0 bridgehead atoms. The maximum absolute atomic E-state index is 12.1. The molecule has 2 amide bonds. The average molecular weight is 352 g/mol. The van der Waals surface area contributed by atoms with Crippen LogP contribution in [0.3, 0.4) is 0 Å². The predicted molar refractivity (Wildman–Crippen MR) is 98.8 cm³/mol. The number of amides is 2. The molecule has 2 aromatic carbocycles. The molecule has 5 nitrogen and oxygen atoms in total. The second-order valence-corrected chi connectivity index (χ2v) is 6.10. The fourth-order valence-electron chi connectivity index (χ4n) is 2.29. The summed E-state index contributed by atoms with van der Waals surface area (Å²) in [7, 11) is 0. The topological polar surface area (TPSA) is 81.4 Å². The predicted octanol–water partition coefficient (Wildman–Crippen LogP) is 3.53. The third kappa shape index (κ3) is 4.45. The number of thiophene rings is 1. The molecule has 0 spiro atoms. The van der Waals surface area contributed by atoms with Crippen LogP contribution in [0.5, 0.6) is 5.75 Å². The van der Waals surface area contributed by atoms with Crippen molar-refractivity contribution < 1.29 is 14.3 Å². The maximum Gasteiger partial charge on any atom is 0.262 e. The lowest BCUT2D eigenvalue weighted by atomic mass is 10.1. The SMILES string of the molecule is NC(=O)c1cccc(OCC(=O)Nc2cccc(-c3ccsc3)c2)c1. The van der Waals surface area contributed by atoms with Gasteiger partial charge in [0.05, 0.1) is 0 Å². The number of ether oxygens (including phenoxy) is 1. The molecule has 3 aromatic rings. The van der Waals surface area contributed by atoms with E-state index in [9.17, 15) is 9.59 Å². The number of primary amides is 1. The van der Waals surface area contributed by atoms with E-state index in [1.165, 1.54) is 6.07 Å². The molecule has 0 saturated carbocycles. The highest BCUT2D eigenvalue weighted by molar-refractivity contribution is 7.08. The molecule has 0 saturated heterocycles. The van der Waals surface area contributed by atoms with Gasteiger partial charge in [-0.15, -0.1) is 0 Å². The molecule has 126 valence electrons. The molecule has 0 atom stereocenters. The molecule has 0 radical (unpaired) electrons. The molecule has 0 aliphatic heterocycles. The van der Waals surface area contributed by atoms with Crippen molar-refractivity contribution in [3.63, 3.8) is 0 Å². The van der Waals surface area contributed by atoms with E-state index >= 15 is 0 Å². The monoisotopic (exact) mass is 352 g/mol. The number of hydrogen-bond donors (Lipinski definition) is 2. The molecule has 3 rings (SSSR count). The Labute approximate surface area is 149 Å². The number of rotatable bonds is 6. The normalized spacial score (nSPS) is 10.2. The third-order valence-corrected chi connectivity index (χ3v) is 4.17. The van der Waals surface area contributed by atoms with Gasteiger partial charge < -0.3 is 15.8 Å². The molecule has 0 fully saturated rings. The van der Waals surface area contributed by atoms with Crippen LogP contribution in [-0.4, -0.2) is 18.4 Å². The summed E-state index contributed by atoms with van der Waals surface area (Å²) in [6.45, 7) is -0.162. The van der Waals surface area contributed by atoms with Crippen LogP contribution >= 0.6 is 11.3 Å². The molecular weight excluding hydrogens is 336 g/mol. The largest absolute Gasteiger partial charge is 0.484 e. The van der Waals surface area contributed by atoms with E-state index in [1.54, 1.807) is 29.5 Å². The number of nitrogens with two attached hydrogens (primary N) is 1. The number of anilines is 1. The minimum Gasteiger partial charge on any atom is -0.484 e. The van der Waals surface area contributed by atoms with E-state index in [0.717, 1.165) is 11.1 Å². The van der Waals surface area contributed by atoms with Gasteiger partial charge in [0, 0.05) is 11.3 Å². The van der Waals surface area contributed by atoms with Gasteiger partial charge in [0.2, 0.25) is 5.91 Å². The second kappa shape index (κ2) is 7.63. The number of carbonyl (C=O) groups is 2. The Kier molecular flexibility index (Phi) is 5.11. The molecular formula is C19H16N2O3S. The fourth-order valence-corrected chi connectivity index (χ4v) is 2.96. The van der Waals surface area contributed by atoms with Gasteiger partial charge in [-0.05, 0) is 58.3 Å². The second-order valence-electron chi connectivity index (χ2n) is 5.32. The van der Waals surface area contributed by atoms with Crippen molar-refractivity contribution in [1.82, 2.24) is 0 Å². The van der Waals surface area contributed by atoms with Crippen molar-refractivity contribution in [3.8, 4) is 16.9 Å². The zero-order chi connectivity index (χ0) is 17.6.